The van der Waals surface area contributed by atoms with Gasteiger partial charge in [-0.3, -0.25) is 0 Å². The maximum absolute atomic E-state index is 13.1. The number of hydrogen-bond acceptors (Lipinski definition) is 5. The first-order valence-electron chi connectivity index (χ1n) is 11.1. The molecule has 2 heterocycles. The number of aryl methyl sites for hydroxylation is 2. The predicted octanol–water partition coefficient (Wildman–Crippen LogP) is 4.94. The summed E-state index contributed by atoms with van der Waals surface area (Å²) >= 11 is 0.0181. The van der Waals surface area contributed by atoms with Crippen molar-refractivity contribution in [1.29, 1.82) is 0 Å². The van der Waals surface area contributed by atoms with Gasteiger partial charge in [-0.05, 0) is 0 Å². The standard InChI is InChI=1S/C26H26AsFN4OS/c1-18-24(25(33)30-15-20-10-12-21(28)13-11-20)34-26(31-18)22-16-29-17-23(32-22)27(2)14-6-9-19-7-4-3-5-8-19/h3-5,7-8,10-13,16-17H,6,9,14-15H2,1-2H3,(H,30,33). The van der Waals surface area contributed by atoms with E-state index < -0.39 is 14.7 Å². The Morgan fingerprint density at radius 1 is 1.03 bits per heavy atom. The summed E-state index contributed by atoms with van der Waals surface area (Å²) in [6.45, 7) is 2.15. The number of benzene rings is 2. The molecule has 2 aromatic heterocycles. The van der Waals surface area contributed by atoms with Crippen LogP contribution in [0.4, 0.5) is 4.39 Å². The quantitative estimate of drug-likeness (QED) is 0.308. The molecule has 8 heteroatoms. The molecule has 0 fully saturated rings. The van der Waals surface area contributed by atoms with Crippen LogP contribution in [0.1, 0.15) is 32.9 Å². The van der Waals surface area contributed by atoms with Crippen LogP contribution in [-0.2, 0) is 13.0 Å². The fourth-order valence-corrected chi connectivity index (χ4v) is 7.39. The Balaban J connectivity index is 1.39. The van der Waals surface area contributed by atoms with E-state index >= 15 is 0 Å². The summed E-state index contributed by atoms with van der Waals surface area (Å²) in [5.41, 5.74) is 5.90. The van der Waals surface area contributed by atoms with Crippen LogP contribution in [0.25, 0.3) is 10.7 Å². The van der Waals surface area contributed by atoms with E-state index in [0.717, 1.165) is 28.1 Å². The number of nitrogens with one attached hydrogen (secondary N) is 1. The van der Waals surface area contributed by atoms with Crippen LogP contribution in [-0.4, -0.2) is 35.5 Å². The second kappa shape index (κ2) is 11.5. The second-order valence-electron chi connectivity index (χ2n) is 8.02. The predicted molar refractivity (Wildman–Crippen MR) is 136 cm³/mol. The van der Waals surface area contributed by atoms with Gasteiger partial charge in [0.2, 0.25) is 0 Å². The van der Waals surface area contributed by atoms with E-state index in [1.807, 2.05) is 19.2 Å². The molecule has 5 nitrogen and oxygen atoms in total. The van der Waals surface area contributed by atoms with Crippen molar-refractivity contribution in [3.63, 3.8) is 0 Å². The molecule has 0 bridgehead atoms. The third-order valence-electron chi connectivity index (χ3n) is 5.40. The summed E-state index contributed by atoms with van der Waals surface area (Å²) in [4.78, 5) is 27.2. The topological polar surface area (TPSA) is 67.8 Å². The monoisotopic (exact) mass is 536 g/mol. The molecule has 0 saturated carbocycles. The first-order valence-corrected chi connectivity index (χ1v) is 16.0. The average Bonchev–Trinajstić information content (AvgIpc) is 3.26. The Morgan fingerprint density at radius 3 is 2.56 bits per heavy atom. The van der Waals surface area contributed by atoms with Crippen LogP contribution < -0.4 is 9.80 Å². The van der Waals surface area contributed by atoms with E-state index in [1.54, 1.807) is 18.3 Å². The van der Waals surface area contributed by atoms with Gasteiger partial charge in [-0.1, -0.05) is 0 Å². The third kappa shape index (κ3) is 6.37. The van der Waals surface area contributed by atoms with Crippen molar-refractivity contribution in [3.8, 4) is 10.7 Å². The molecule has 0 aliphatic carbocycles. The van der Waals surface area contributed by atoms with Gasteiger partial charge in [0.25, 0.3) is 0 Å². The molecule has 4 aromatic rings. The zero-order chi connectivity index (χ0) is 23.9. The number of hydrogen-bond donors (Lipinski definition) is 1. The van der Waals surface area contributed by atoms with Crippen LogP contribution >= 0.6 is 11.3 Å². The minimum atomic E-state index is -1.31. The van der Waals surface area contributed by atoms with Gasteiger partial charge in [0.1, 0.15) is 5.82 Å². The molecule has 1 N–H and O–H groups in total. The van der Waals surface area contributed by atoms with Gasteiger partial charge >= 0.3 is 198 Å². The van der Waals surface area contributed by atoms with Crippen molar-refractivity contribution < 1.29 is 9.18 Å². The number of rotatable bonds is 9. The summed E-state index contributed by atoms with van der Waals surface area (Å²) in [5.74, 6) is -0.492. The molecule has 2 aromatic carbocycles. The van der Waals surface area contributed by atoms with Gasteiger partial charge in [0.05, 0.1) is 0 Å². The molecule has 0 aliphatic heterocycles. The van der Waals surface area contributed by atoms with E-state index in [2.05, 4.69) is 45.3 Å². The summed E-state index contributed by atoms with van der Waals surface area (Å²) < 4.78 is 14.2. The van der Waals surface area contributed by atoms with E-state index in [9.17, 15) is 9.18 Å². The molecule has 0 spiro atoms. The Kier molecular flexibility index (Phi) is 8.20. The van der Waals surface area contributed by atoms with Gasteiger partial charge in [-0.15, -0.1) is 0 Å². The van der Waals surface area contributed by atoms with Crippen molar-refractivity contribution in [1.82, 2.24) is 20.3 Å². The Bertz CT molecular complexity index is 1250. The first-order chi connectivity index (χ1) is 16.5. The van der Waals surface area contributed by atoms with Crippen molar-refractivity contribution in [2.45, 2.75) is 37.2 Å². The Morgan fingerprint density at radius 2 is 1.79 bits per heavy atom. The molecule has 4 rings (SSSR count). The Hall–Kier alpha value is -2.89. The van der Waals surface area contributed by atoms with Crippen molar-refractivity contribution >= 4 is 36.4 Å². The molecule has 1 amide bonds. The average molecular weight is 537 g/mol. The SMILES string of the molecule is Cc1nc(-c2cncc([As](C)CCCc3ccccc3)n2)sc1C(=O)NCc1ccc(F)cc1. The molecule has 174 valence electrons. The van der Waals surface area contributed by atoms with Crippen LogP contribution in [0.15, 0.2) is 67.0 Å². The maximum atomic E-state index is 13.1. The van der Waals surface area contributed by atoms with Crippen molar-refractivity contribution in [2.24, 2.45) is 0 Å². The van der Waals surface area contributed by atoms with E-state index in [1.165, 1.54) is 29.0 Å². The number of carbonyl (C=O) groups excluding carboxylic acids is 1. The normalized spacial score (nSPS) is 11.9. The van der Waals surface area contributed by atoms with Gasteiger partial charge in [0.15, 0.2) is 0 Å². The third-order valence-corrected chi connectivity index (χ3v) is 10.7. The number of thiazole rings is 1. The van der Waals surface area contributed by atoms with Crippen molar-refractivity contribution in [2.75, 3.05) is 0 Å². The van der Waals surface area contributed by atoms with Crippen LogP contribution in [0, 0.1) is 12.7 Å². The van der Waals surface area contributed by atoms with Crippen molar-refractivity contribution in [3.05, 3.63) is 94.5 Å². The van der Waals surface area contributed by atoms with E-state index in [0.29, 0.717) is 27.8 Å². The van der Waals surface area contributed by atoms with E-state index in [4.69, 9.17) is 4.98 Å². The zero-order valence-electron chi connectivity index (χ0n) is 19.2. The number of aromatic nitrogens is 3. The molecule has 1 atom stereocenters. The van der Waals surface area contributed by atoms with Crippen LogP contribution in [0.5, 0.6) is 0 Å². The summed E-state index contributed by atoms with van der Waals surface area (Å²) in [6, 6.07) is 16.6. The minimum absolute atomic E-state index is 0.196. The summed E-state index contributed by atoms with van der Waals surface area (Å²) in [5, 5.41) is 4.75. The first kappa shape index (κ1) is 24.2. The second-order valence-corrected chi connectivity index (χ2v) is 13.8. The number of halogens is 1. The molecule has 0 saturated heterocycles. The molecular weight excluding hydrogens is 510 g/mol. The molecule has 34 heavy (non-hydrogen) atoms. The zero-order valence-corrected chi connectivity index (χ0v) is 21.9. The molecular formula is C26H26AsFN4OS. The molecule has 1 unspecified atom stereocenters. The number of carbonyl (C=O) groups is 1. The number of amides is 1. The van der Waals surface area contributed by atoms with Gasteiger partial charge in [0, 0.05) is 0 Å². The van der Waals surface area contributed by atoms with Crippen LogP contribution in [0.3, 0.4) is 0 Å². The van der Waals surface area contributed by atoms with E-state index in [-0.39, 0.29) is 11.7 Å². The summed E-state index contributed by atoms with van der Waals surface area (Å²) in [7, 11) is 0. The van der Waals surface area contributed by atoms with Gasteiger partial charge in [-0.2, -0.15) is 0 Å². The molecule has 0 radical (unpaired) electrons. The van der Waals surface area contributed by atoms with Gasteiger partial charge < -0.3 is 0 Å². The van der Waals surface area contributed by atoms with Gasteiger partial charge in [-0.25, -0.2) is 4.39 Å². The number of nitrogens with zero attached hydrogens (tertiary/aromatic N) is 3. The fourth-order valence-electron chi connectivity index (χ4n) is 3.50. The fraction of sp³-hybridized carbons (Fsp3) is 0.231. The molecule has 0 aliphatic rings. The Labute approximate surface area is 207 Å². The summed E-state index contributed by atoms with van der Waals surface area (Å²) in [6.07, 6.45) is 5.81. The van der Waals surface area contributed by atoms with Crippen LogP contribution in [0.2, 0.25) is 10.9 Å².